The smallest absolute Gasteiger partial charge is 0.186 e. The van der Waals surface area contributed by atoms with E-state index in [0.29, 0.717) is 11.3 Å². The molecule has 5 heteroatoms. The van der Waals surface area contributed by atoms with Crippen LogP contribution in [0.1, 0.15) is 18.5 Å². The summed E-state index contributed by atoms with van der Waals surface area (Å²) in [5, 5.41) is 8.78. The van der Waals surface area contributed by atoms with Crippen molar-refractivity contribution in [3.63, 3.8) is 0 Å². The number of hydrogen-bond donors (Lipinski definition) is 1. The van der Waals surface area contributed by atoms with Gasteiger partial charge in [0.2, 0.25) is 0 Å². The summed E-state index contributed by atoms with van der Waals surface area (Å²) in [7, 11) is 3.91. The molecular formula is C13H18N4S. The van der Waals surface area contributed by atoms with Gasteiger partial charge in [0.1, 0.15) is 6.33 Å². The summed E-state index contributed by atoms with van der Waals surface area (Å²) in [6, 6.07) is 10.8. The maximum atomic E-state index is 4.25. The number of nitrogens with zero attached hydrogens (tertiary/aromatic N) is 3. The van der Waals surface area contributed by atoms with Crippen molar-refractivity contribution in [3.05, 3.63) is 42.2 Å². The molecule has 1 aromatic carbocycles. The van der Waals surface area contributed by atoms with Gasteiger partial charge in [-0.25, -0.2) is 9.67 Å². The van der Waals surface area contributed by atoms with Crippen LogP contribution in [0.4, 0.5) is 0 Å². The number of nitrogens with one attached hydrogen (secondary N) is 1. The highest BCUT2D eigenvalue weighted by Crippen LogP contribution is 2.30. The monoisotopic (exact) mass is 262 g/mol. The molecule has 0 aliphatic carbocycles. The minimum atomic E-state index is 0.299. The molecule has 1 aromatic heterocycles. The van der Waals surface area contributed by atoms with Crippen molar-refractivity contribution in [2.24, 2.45) is 7.05 Å². The first-order valence-electron chi connectivity index (χ1n) is 5.95. The highest BCUT2D eigenvalue weighted by molar-refractivity contribution is 7.99. The Morgan fingerprint density at radius 3 is 2.56 bits per heavy atom. The molecule has 0 saturated heterocycles. The van der Waals surface area contributed by atoms with Crippen molar-refractivity contribution < 1.29 is 0 Å². The maximum Gasteiger partial charge on any atom is 0.186 e. The van der Waals surface area contributed by atoms with Gasteiger partial charge in [0, 0.05) is 18.3 Å². The Labute approximate surface area is 112 Å². The molecule has 2 aromatic rings. The second-order valence-corrected chi connectivity index (χ2v) is 5.51. The molecule has 0 spiro atoms. The van der Waals surface area contributed by atoms with E-state index in [1.165, 1.54) is 5.56 Å². The Balaban J connectivity index is 2.11. The van der Waals surface area contributed by atoms with Crippen LogP contribution in [0.2, 0.25) is 0 Å². The zero-order valence-corrected chi connectivity index (χ0v) is 11.7. The summed E-state index contributed by atoms with van der Waals surface area (Å²) in [4.78, 5) is 4.25. The normalized spacial score (nSPS) is 14.4. The minimum Gasteiger partial charge on any atom is -0.312 e. The second kappa shape index (κ2) is 6.02. The molecule has 0 amide bonds. The van der Waals surface area contributed by atoms with Crippen molar-refractivity contribution in [2.75, 3.05) is 7.05 Å². The van der Waals surface area contributed by atoms with Crippen molar-refractivity contribution in [1.82, 2.24) is 20.1 Å². The summed E-state index contributed by atoms with van der Waals surface area (Å²) in [6.07, 6.45) is 1.59. The molecule has 0 fully saturated rings. The molecule has 18 heavy (non-hydrogen) atoms. The number of benzene rings is 1. The molecule has 4 nitrogen and oxygen atoms in total. The van der Waals surface area contributed by atoms with Crippen LogP contribution in [0.5, 0.6) is 0 Å². The molecule has 96 valence electrons. The Bertz CT molecular complexity index is 483. The van der Waals surface area contributed by atoms with Crippen LogP contribution in [-0.4, -0.2) is 27.1 Å². The molecule has 0 bridgehead atoms. The number of thioether (sulfide) groups is 1. The molecule has 1 heterocycles. The van der Waals surface area contributed by atoms with E-state index in [-0.39, 0.29) is 0 Å². The van der Waals surface area contributed by atoms with Crippen molar-refractivity contribution in [1.29, 1.82) is 0 Å². The van der Waals surface area contributed by atoms with Crippen LogP contribution in [0, 0.1) is 0 Å². The van der Waals surface area contributed by atoms with Crippen molar-refractivity contribution in [3.8, 4) is 0 Å². The van der Waals surface area contributed by atoms with Crippen molar-refractivity contribution in [2.45, 2.75) is 23.4 Å². The van der Waals surface area contributed by atoms with Crippen molar-refractivity contribution >= 4 is 11.8 Å². The van der Waals surface area contributed by atoms with Crippen LogP contribution < -0.4 is 5.32 Å². The highest BCUT2D eigenvalue weighted by Gasteiger charge is 2.20. The summed E-state index contributed by atoms with van der Waals surface area (Å²) < 4.78 is 1.80. The first-order chi connectivity index (χ1) is 8.72. The summed E-state index contributed by atoms with van der Waals surface area (Å²) in [5.74, 6) is 0. The van der Waals surface area contributed by atoms with E-state index < -0.39 is 0 Å². The lowest BCUT2D eigenvalue weighted by atomic mass is 10.0. The van der Waals surface area contributed by atoms with Crippen LogP contribution in [0.3, 0.4) is 0 Å². The van der Waals surface area contributed by atoms with E-state index in [9.17, 15) is 0 Å². The Hall–Kier alpha value is -1.33. The molecule has 2 rings (SSSR count). The quantitative estimate of drug-likeness (QED) is 0.839. The predicted octanol–water partition coefficient (Wildman–Crippen LogP) is 2.26. The summed E-state index contributed by atoms with van der Waals surface area (Å²) >= 11 is 1.73. The zero-order chi connectivity index (χ0) is 13.0. The van der Waals surface area contributed by atoms with Gasteiger partial charge in [0.25, 0.3) is 0 Å². The summed E-state index contributed by atoms with van der Waals surface area (Å²) in [6.45, 7) is 2.20. The van der Waals surface area contributed by atoms with Crippen LogP contribution in [-0.2, 0) is 7.05 Å². The van der Waals surface area contributed by atoms with Gasteiger partial charge in [0.15, 0.2) is 5.16 Å². The average molecular weight is 262 g/mol. The van der Waals surface area contributed by atoms with Gasteiger partial charge >= 0.3 is 0 Å². The highest BCUT2D eigenvalue weighted by atomic mass is 32.2. The van der Waals surface area contributed by atoms with E-state index in [2.05, 4.69) is 46.6 Å². The first-order valence-corrected chi connectivity index (χ1v) is 6.83. The van der Waals surface area contributed by atoms with Crippen LogP contribution >= 0.6 is 11.8 Å². The average Bonchev–Trinajstić information content (AvgIpc) is 2.77. The molecule has 0 saturated carbocycles. The standard InChI is InChI=1S/C13H18N4S/c1-10(18-13-15-9-16-17(13)3)12(14-2)11-7-5-4-6-8-11/h4-10,12,14H,1-3H3. The topological polar surface area (TPSA) is 42.7 Å². The third-order valence-corrected chi connectivity index (χ3v) is 4.12. The van der Waals surface area contributed by atoms with E-state index in [1.54, 1.807) is 22.8 Å². The number of hydrogen-bond acceptors (Lipinski definition) is 4. The number of rotatable bonds is 5. The lowest BCUT2D eigenvalue weighted by molar-refractivity contribution is 0.585. The van der Waals surface area contributed by atoms with Gasteiger partial charge in [-0.1, -0.05) is 49.0 Å². The third-order valence-electron chi connectivity index (χ3n) is 2.90. The largest absolute Gasteiger partial charge is 0.312 e. The molecule has 0 aliphatic rings. The fourth-order valence-corrected chi connectivity index (χ4v) is 3.03. The Kier molecular flexibility index (Phi) is 4.38. The molecule has 2 unspecified atom stereocenters. The second-order valence-electron chi connectivity index (χ2n) is 4.17. The number of aryl methyl sites for hydroxylation is 1. The van der Waals surface area contributed by atoms with Gasteiger partial charge in [-0.15, -0.1) is 0 Å². The molecule has 2 atom stereocenters. The molecular weight excluding hydrogens is 244 g/mol. The zero-order valence-electron chi connectivity index (χ0n) is 10.9. The lowest BCUT2D eigenvalue weighted by Crippen LogP contribution is -2.25. The fourth-order valence-electron chi connectivity index (χ4n) is 1.96. The van der Waals surface area contributed by atoms with E-state index >= 15 is 0 Å². The van der Waals surface area contributed by atoms with Crippen LogP contribution in [0.25, 0.3) is 0 Å². The van der Waals surface area contributed by atoms with Gasteiger partial charge in [0.05, 0.1) is 0 Å². The molecule has 0 radical (unpaired) electrons. The van der Waals surface area contributed by atoms with E-state index in [1.807, 2.05) is 20.2 Å². The summed E-state index contributed by atoms with van der Waals surface area (Å²) in [5.41, 5.74) is 1.29. The predicted molar refractivity (Wildman–Crippen MR) is 74.6 cm³/mol. The molecule has 0 aliphatic heterocycles. The third kappa shape index (κ3) is 2.91. The van der Waals surface area contributed by atoms with E-state index in [0.717, 1.165) is 5.16 Å². The van der Waals surface area contributed by atoms with Crippen LogP contribution in [0.15, 0.2) is 41.8 Å². The van der Waals surface area contributed by atoms with Gasteiger partial charge in [-0.2, -0.15) is 5.10 Å². The Morgan fingerprint density at radius 1 is 1.28 bits per heavy atom. The minimum absolute atomic E-state index is 0.299. The van der Waals surface area contributed by atoms with E-state index in [4.69, 9.17) is 0 Å². The Morgan fingerprint density at radius 2 is 2.00 bits per heavy atom. The lowest BCUT2D eigenvalue weighted by Gasteiger charge is -2.23. The SMILES string of the molecule is CNC(c1ccccc1)C(C)Sc1ncnn1C. The van der Waals surface area contributed by atoms with Gasteiger partial charge in [-0.3, -0.25) is 0 Å². The fraction of sp³-hybridized carbons (Fsp3) is 0.385. The van der Waals surface area contributed by atoms with Gasteiger partial charge < -0.3 is 5.32 Å². The number of aromatic nitrogens is 3. The van der Waals surface area contributed by atoms with Gasteiger partial charge in [-0.05, 0) is 12.6 Å². The maximum absolute atomic E-state index is 4.25. The molecule has 1 N–H and O–H groups in total. The first kappa shape index (κ1) is 13.1.